The molecular weight excluding hydrogens is 436 g/mol. The van der Waals surface area contributed by atoms with Gasteiger partial charge >= 0.3 is 5.97 Å². The number of ether oxygens (including phenoxy) is 1. The SMILES string of the molecule is COC(=O)c1c(NC(=O)CN2CCN(C(=O)c3ccco3)CC2)sc(C(=O)N(C)C)c1C. The molecule has 10 nitrogen and oxygen atoms in total. The predicted octanol–water partition coefficient (Wildman–Crippen LogP) is 1.53. The van der Waals surface area contributed by atoms with Crippen molar-refractivity contribution in [1.29, 1.82) is 0 Å². The number of thiophene rings is 1. The van der Waals surface area contributed by atoms with Gasteiger partial charge in [-0.1, -0.05) is 0 Å². The fourth-order valence-corrected chi connectivity index (χ4v) is 4.62. The van der Waals surface area contributed by atoms with Crippen molar-refractivity contribution in [3.05, 3.63) is 40.2 Å². The number of anilines is 1. The second kappa shape index (κ2) is 9.96. The number of nitrogens with zero attached hydrogens (tertiary/aromatic N) is 3. The van der Waals surface area contributed by atoms with Crippen LogP contribution in [0.15, 0.2) is 22.8 Å². The summed E-state index contributed by atoms with van der Waals surface area (Å²) >= 11 is 1.05. The standard InChI is InChI=1S/C21H26N4O6S/c1-13-16(21(29)30-4)18(32-17(13)20(28)23(2)3)22-15(26)12-24-7-9-25(10-8-24)19(27)14-6-5-11-31-14/h5-6,11H,7-10,12H2,1-4H3,(H,22,26). The first kappa shape index (κ1) is 23.5. The number of piperazine rings is 1. The number of carbonyl (C=O) groups excluding carboxylic acids is 4. The predicted molar refractivity (Wildman–Crippen MR) is 118 cm³/mol. The van der Waals surface area contributed by atoms with Crippen molar-refractivity contribution in [3.63, 3.8) is 0 Å². The van der Waals surface area contributed by atoms with Gasteiger partial charge in [0, 0.05) is 40.3 Å². The van der Waals surface area contributed by atoms with E-state index in [0.717, 1.165) is 11.3 Å². The zero-order chi connectivity index (χ0) is 23.4. The molecule has 1 N–H and O–H groups in total. The lowest BCUT2D eigenvalue weighted by molar-refractivity contribution is -0.117. The number of esters is 1. The maximum atomic E-state index is 12.7. The molecule has 0 spiro atoms. The van der Waals surface area contributed by atoms with E-state index in [1.807, 2.05) is 4.90 Å². The highest BCUT2D eigenvalue weighted by Gasteiger charge is 2.28. The van der Waals surface area contributed by atoms with E-state index >= 15 is 0 Å². The van der Waals surface area contributed by atoms with Gasteiger partial charge < -0.3 is 24.3 Å². The molecule has 0 aliphatic carbocycles. The molecule has 2 aromatic heterocycles. The molecule has 172 valence electrons. The molecule has 1 aliphatic heterocycles. The van der Waals surface area contributed by atoms with Gasteiger partial charge in [-0.15, -0.1) is 11.3 Å². The first-order chi connectivity index (χ1) is 15.2. The van der Waals surface area contributed by atoms with Gasteiger partial charge in [-0.05, 0) is 24.6 Å². The largest absolute Gasteiger partial charge is 0.465 e. The summed E-state index contributed by atoms with van der Waals surface area (Å²) in [5, 5.41) is 3.04. The molecule has 1 fully saturated rings. The highest BCUT2D eigenvalue weighted by atomic mass is 32.1. The van der Waals surface area contributed by atoms with E-state index in [4.69, 9.17) is 9.15 Å². The smallest absolute Gasteiger partial charge is 0.341 e. The number of nitrogens with one attached hydrogen (secondary N) is 1. The van der Waals surface area contributed by atoms with Gasteiger partial charge in [0.1, 0.15) is 5.00 Å². The topological polar surface area (TPSA) is 112 Å². The molecule has 0 unspecified atom stereocenters. The number of furan rings is 1. The van der Waals surface area contributed by atoms with Gasteiger partial charge in [0.2, 0.25) is 5.91 Å². The first-order valence-electron chi connectivity index (χ1n) is 10.0. The van der Waals surface area contributed by atoms with Gasteiger partial charge in [0.15, 0.2) is 5.76 Å². The number of hydrogen-bond donors (Lipinski definition) is 1. The van der Waals surface area contributed by atoms with Crippen LogP contribution < -0.4 is 5.32 Å². The number of hydrogen-bond acceptors (Lipinski definition) is 8. The van der Waals surface area contributed by atoms with Crippen LogP contribution in [0.4, 0.5) is 5.00 Å². The van der Waals surface area contributed by atoms with Gasteiger partial charge in [0.05, 0.1) is 30.4 Å². The van der Waals surface area contributed by atoms with Crippen LogP contribution in [0.2, 0.25) is 0 Å². The van der Waals surface area contributed by atoms with E-state index in [0.29, 0.717) is 42.4 Å². The third-order valence-electron chi connectivity index (χ3n) is 5.15. The summed E-state index contributed by atoms with van der Waals surface area (Å²) in [6, 6.07) is 3.29. The van der Waals surface area contributed by atoms with Gasteiger partial charge in [-0.3, -0.25) is 19.3 Å². The fourth-order valence-electron chi connectivity index (χ4n) is 3.39. The molecule has 3 amide bonds. The Morgan fingerprint density at radius 1 is 1.19 bits per heavy atom. The monoisotopic (exact) mass is 462 g/mol. The average Bonchev–Trinajstić information content (AvgIpc) is 3.41. The molecule has 0 aromatic carbocycles. The summed E-state index contributed by atoms with van der Waals surface area (Å²) in [6.07, 6.45) is 1.46. The maximum absolute atomic E-state index is 12.7. The lowest BCUT2D eigenvalue weighted by Gasteiger charge is -2.33. The Kier molecular flexibility index (Phi) is 7.31. The second-order valence-corrected chi connectivity index (χ2v) is 8.57. The Labute approximate surface area is 189 Å². The molecule has 0 atom stereocenters. The van der Waals surface area contributed by atoms with Crippen LogP contribution in [-0.2, 0) is 9.53 Å². The molecule has 3 rings (SSSR count). The molecule has 0 bridgehead atoms. The summed E-state index contributed by atoms with van der Waals surface area (Å²) in [5.74, 6) is -1.06. The van der Waals surface area contributed by atoms with E-state index < -0.39 is 5.97 Å². The third-order valence-corrected chi connectivity index (χ3v) is 6.34. The van der Waals surface area contributed by atoms with Gasteiger partial charge in [0.25, 0.3) is 11.8 Å². The minimum atomic E-state index is -0.614. The number of carbonyl (C=O) groups is 4. The fraction of sp³-hybridized carbons (Fsp3) is 0.429. The quantitative estimate of drug-likeness (QED) is 0.648. The van der Waals surface area contributed by atoms with Crippen molar-refractivity contribution in [3.8, 4) is 0 Å². The molecule has 0 saturated carbocycles. The molecular formula is C21H26N4O6S. The summed E-state index contributed by atoms with van der Waals surface area (Å²) in [7, 11) is 4.49. The van der Waals surface area contributed by atoms with Gasteiger partial charge in [-0.25, -0.2) is 4.79 Å². The summed E-state index contributed by atoms with van der Waals surface area (Å²) < 4.78 is 10.0. The number of methoxy groups -OCH3 is 1. The summed E-state index contributed by atoms with van der Waals surface area (Å²) in [4.78, 5) is 55.2. The molecule has 3 heterocycles. The van der Waals surface area contributed by atoms with E-state index in [1.165, 1.54) is 18.3 Å². The first-order valence-corrected chi connectivity index (χ1v) is 10.8. The van der Waals surface area contributed by atoms with Crippen LogP contribution in [0.5, 0.6) is 0 Å². The zero-order valence-corrected chi connectivity index (χ0v) is 19.3. The van der Waals surface area contributed by atoms with Gasteiger partial charge in [-0.2, -0.15) is 0 Å². The Morgan fingerprint density at radius 3 is 2.44 bits per heavy atom. The summed E-state index contributed by atoms with van der Waals surface area (Å²) in [6.45, 7) is 3.75. The average molecular weight is 463 g/mol. The minimum Gasteiger partial charge on any atom is -0.465 e. The Bertz CT molecular complexity index is 1010. The molecule has 1 aliphatic rings. The van der Waals surface area contributed by atoms with Crippen molar-refractivity contribution < 1.29 is 28.3 Å². The van der Waals surface area contributed by atoms with Crippen LogP contribution in [-0.4, -0.2) is 92.3 Å². The van der Waals surface area contributed by atoms with E-state index in [2.05, 4.69) is 5.32 Å². The van der Waals surface area contributed by atoms with E-state index in [9.17, 15) is 19.2 Å². The lowest BCUT2D eigenvalue weighted by atomic mass is 10.1. The summed E-state index contributed by atoms with van der Waals surface area (Å²) in [5.41, 5.74) is 0.658. The molecule has 11 heteroatoms. The molecule has 0 radical (unpaired) electrons. The molecule has 32 heavy (non-hydrogen) atoms. The second-order valence-electron chi connectivity index (χ2n) is 7.55. The number of amides is 3. The lowest BCUT2D eigenvalue weighted by Crippen LogP contribution is -2.50. The van der Waals surface area contributed by atoms with Crippen LogP contribution >= 0.6 is 11.3 Å². The third kappa shape index (κ3) is 5.00. The Hall–Kier alpha value is -3.18. The van der Waals surface area contributed by atoms with Crippen LogP contribution in [0, 0.1) is 6.92 Å². The van der Waals surface area contributed by atoms with Crippen molar-refractivity contribution in [2.45, 2.75) is 6.92 Å². The van der Waals surface area contributed by atoms with E-state index in [-0.39, 0.29) is 34.8 Å². The van der Waals surface area contributed by atoms with Crippen molar-refractivity contribution in [2.24, 2.45) is 0 Å². The normalized spacial score (nSPS) is 14.2. The molecule has 1 saturated heterocycles. The molecule has 2 aromatic rings. The Morgan fingerprint density at radius 2 is 1.88 bits per heavy atom. The van der Waals surface area contributed by atoms with Crippen molar-refractivity contribution in [1.82, 2.24) is 14.7 Å². The maximum Gasteiger partial charge on any atom is 0.341 e. The highest BCUT2D eigenvalue weighted by Crippen LogP contribution is 2.34. The number of rotatable bonds is 6. The minimum absolute atomic E-state index is 0.0945. The van der Waals surface area contributed by atoms with E-state index in [1.54, 1.807) is 38.1 Å². The highest BCUT2D eigenvalue weighted by molar-refractivity contribution is 7.18. The van der Waals surface area contributed by atoms with Crippen LogP contribution in [0.1, 0.15) is 36.1 Å². The Balaban J connectivity index is 1.64. The zero-order valence-electron chi connectivity index (χ0n) is 18.5. The van der Waals surface area contributed by atoms with Crippen LogP contribution in [0.25, 0.3) is 0 Å². The van der Waals surface area contributed by atoms with Crippen LogP contribution in [0.3, 0.4) is 0 Å². The van der Waals surface area contributed by atoms with Crippen molar-refractivity contribution >= 4 is 40.0 Å². The van der Waals surface area contributed by atoms with Crippen molar-refractivity contribution in [2.75, 3.05) is 59.2 Å².